The lowest BCUT2D eigenvalue weighted by Crippen LogP contribution is -2.26. The van der Waals surface area contributed by atoms with Crippen molar-refractivity contribution in [1.29, 1.82) is 0 Å². The minimum Gasteiger partial charge on any atom is -0.506 e. The smallest absolute Gasteiger partial charge is 0.344 e. The Morgan fingerprint density at radius 2 is 1.46 bits per heavy atom. The molecule has 0 saturated carbocycles. The first-order chi connectivity index (χ1) is 34.1. The third-order valence-electron chi connectivity index (χ3n) is 10.4. The molecular weight excluding hydrogens is 913 g/mol. The number of aromatic hydroxyl groups is 1. The van der Waals surface area contributed by atoms with E-state index in [-0.39, 0.29) is 48.5 Å². The summed E-state index contributed by atoms with van der Waals surface area (Å²) in [6, 6.07) is 33.3. The Kier molecular flexibility index (Phi) is 17.2. The van der Waals surface area contributed by atoms with Crippen molar-refractivity contribution in [2.24, 2.45) is 15.0 Å². The Morgan fingerprint density at radius 3 is 2.07 bits per heavy atom. The highest BCUT2D eigenvalue weighted by atomic mass is 32.2. The van der Waals surface area contributed by atoms with E-state index in [0.29, 0.717) is 56.7 Å². The molecule has 0 fully saturated rings. The summed E-state index contributed by atoms with van der Waals surface area (Å²) in [5.74, 6) is 0.602. The molecule has 8 rings (SSSR count). The van der Waals surface area contributed by atoms with Gasteiger partial charge in [0.15, 0.2) is 11.5 Å². The second-order valence-corrected chi connectivity index (χ2v) is 16.4. The summed E-state index contributed by atoms with van der Waals surface area (Å²) in [6.07, 6.45) is 2.74. The van der Waals surface area contributed by atoms with Gasteiger partial charge in [-0.25, -0.2) is 14.6 Å². The third-order valence-corrected chi connectivity index (χ3v) is 11.4. The first kappa shape index (κ1) is 49.3. The second-order valence-electron chi connectivity index (χ2n) is 15.4. The molecule has 0 bridgehead atoms. The molecule has 0 saturated heterocycles. The van der Waals surface area contributed by atoms with Gasteiger partial charge in [0.2, 0.25) is 6.41 Å². The molecule has 70 heavy (non-hydrogen) atoms. The van der Waals surface area contributed by atoms with E-state index in [0.717, 1.165) is 66.4 Å². The number of ether oxygens (including phenoxy) is 2. The number of nitrogens with zero attached hydrogens (tertiary/aromatic N) is 3. The van der Waals surface area contributed by atoms with E-state index >= 15 is 0 Å². The topological polar surface area (TPSA) is 248 Å². The predicted octanol–water partition coefficient (Wildman–Crippen LogP) is 7.42. The average Bonchev–Trinajstić information content (AvgIpc) is 4.17. The van der Waals surface area contributed by atoms with Crippen molar-refractivity contribution in [1.82, 2.24) is 16.0 Å². The zero-order chi connectivity index (χ0) is 49.2. The number of hydrogen-bond acceptors (Lipinski definition) is 15. The highest BCUT2D eigenvalue weighted by Gasteiger charge is 2.33. The number of thioether (sulfide) groups is 1. The maximum absolute atomic E-state index is 13.1. The Balaban J connectivity index is 0.000000439. The molecule has 0 atom stereocenters. The van der Waals surface area contributed by atoms with Crippen LogP contribution in [0.1, 0.15) is 40.4 Å². The van der Waals surface area contributed by atoms with Crippen LogP contribution in [-0.2, 0) is 14.3 Å². The molecule has 0 aliphatic carbocycles. The number of para-hydroxylation sites is 1. The number of aliphatic imine (C=N–C) groups is 3. The molecule has 5 aromatic rings. The lowest BCUT2D eigenvalue weighted by Gasteiger charge is -2.13. The zero-order valence-corrected chi connectivity index (χ0v) is 39.2. The summed E-state index contributed by atoms with van der Waals surface area (Å²) in [4.78, 5) is 62.3. The number of phenols is 1. The maximum atomic E-state index is 13.1. The number of esters is 1. The SMILES string of the molecule is CCOC(=O)C1=C(O)/C(=C/c2ccc(OCCCNC(=O)c3cc(NC)cc(NC(=O)Nc4ccc(C5=NCCN5)cc4)c3)c(O)c2)SC1=Nc1ccccc1.O=CNc1ccc(C2=NCCN2)cc1. The lowest BCUT2D eigenvalue weighted by atomic mass is 10.1. The third kappa shape index (κ3) is 13.5. The molecule has 3 aliphatic heterocycles. The quantitative estimate of drug-likeness (QED) is 0.0251. The normalized spacial score (nSPS) is 14.8. The van der Waals surface area contributed by atoms with Crippen LogP contribution in [0.2, 0.25) is 0 Å². The molecular formula is C51H52N10O8S. The Bertz CT molecular complexity index is 2850. The molecule has 9 N–H and O–H groups in total. The molecule has 3 heterocycles. The van der Waals surface area contributed by atoms with Crippen LogP contribution in [0.25, 0.3) is 6.08 Å². The number of carbonyl (C=O) groups excluding carboxylic acids is 4. The van der Waals surface area contributed by atoms with Crippen LogP contribution < -0.4 is 42.0 Å². The first-order valence-electron chi connectivity index (χ1n) is 22.4. The van der Waals surface area contributed by atoms with E-state index in [1.165, 1.54) is 6.07 Å². The van der Waals surface area contributed by atoms with Crippen LogP contribution in [0.15, 0.2) is 146 Å². The summed E-state index contributed by atoms with van der Waals surface area (Å²) in [5, 5.41) is 42.4. The number of amides is 4. The largest absolute Gasteiger partial charge is 0.506 e. The number of phenolic OH excluding ortho intramolecular Hbond substituents is 1. The fraction of sp³-hybridized carbons (Fsp3) is 0.196. The van der Waals surface area contributed by atoms with Gasteiger partial charge < -0.3 is 56.9 Å². The zero-order valence-electron chi connectivity index (χ0n) is 38.4. The Hall–Kier alpha value is -8.58. The van der Waals surface area contributed by atoms with E-state index in [4.69, 9.17) is 9.47 Å². The van der Waals surface area contributed by atoms with Gasteiger partial charge in [-0.1, -0.05) is 36.0 Å². The fourth-order valence-corrected chi connectivity index (χ4v) is 8.06. The molecule has 360 valence electrons. The van der Waals surface area contributed by atoms with Crippen LogP contribution >= 0.6 is 11.8 Å². The van der Waals surface area contributed by atoms with Crippen molar-refractivity contribution in [3.05, 3.63) is 154 Å². The van der Waals surface area contributed by atoms with Gasteiger partial charge in [0.25, 0.3) is 5.91 Å². The summed E-state index contributed by atoms with van der Waals surface area (Å²) < 4.78 is 10.9. The number of benzene rings is 5. The van der Waals surface area contributed by atoms with Crippen molar-refractivity contribution in [3.8, 4) is 11.5 Å². The van der Waals surface area contributed by atoms with Crippen LogP contribution in [-0.4, -0.2) is 104 Å². The first-order valence-corrected chi connectivity index (χ1v) is 23.2. The van der Waals surface area contributed by atoms with E-state index < -0.39 is 12.0 Å². The highest BCUT2D eigenvalue weighted by Crippen LogP contribution is 2.41. The van der Waals surface area contributed by atoms with Gasteiger partial charge >= 0.3 is 12.0 Å². The molecule has 5 aromatic carbocycles. The van der Waals surface area contributed by atoms with Gasteiger partial charge in [-0.2, -0.15) is 0 Å². The molecule has 18 nitrogen and oxygen atoms in total. The number of aliphatic hydroxyl groups excluding tert-OH is 1. The fourth-order valence-electron chi connectivity index (χ4n) is 7.02. The van der Waals surface area contributed by atoms with Crippen LogP contribution in [0.4, 0.5) is 33.2 Å². The molecule has 0 unspecified atom stereocenters. The number of aliphatic hydroxyl groups is 1. The van der Waals surface area contributed by atoms with E-state index in [1.807, 2.05) is 54.6 Å². The average molecular weight is 965 g/mol. The van der Waals surface area contributed by atoms with Gasteiger partial charge in [0.1, 0.15) is 28.0 Å². The molecule has 4 amide bonds. The number of rotatable bonds is 17. The molecule has 0 aromatic heterocycles. The van der Waals surface area contributed by atoms with E-state index in [9.17, 15) is 29.4 Å². The standard InChI is InChI=1S/C41H41N7O7S.C10H11N3O/c1-3-54-40(52)35-36(50)34(56-39(35)46-28-8-5-4-6-9-28)21-25-10-15-33(32(49)20-25)55-19-7-16-45-38(51)27-22-30(42-2)24-31(23-27)48-41(53)47-29-13-11-26(12-14-29)37-43-17-18-44-37;14-7-13-9-3-1-8(2-4-9)10-11-5-6-12-10/h4-6,8-15,20-24,42,49-50H,3,7,16-19H2,1-2H3,(H,43,44)(H,45,51)(H2,47,48,53);1-4,7H,5-6H2,(H,11,12)(H,13,14)/b34-21-,46-39?;. The number of amidine groups is 2. The van der Waals surface area contributed by atoms with Gasteiger partial charge in [0.05, 0.1) is 36.9 Å². The summed E-state index contributed by atoms with van der Waals surface area (Å²) in [6.45, 7) is 5.59. The van der Waals surface area contributed by atoms with Crippen molar-refractivity contribution < 1.29 is 38.9 Å². The predicted molar refractivity (Wildman–Crippen MR) is 276 cm³/mol. The minimum absolute atomic E-state index is 0.0241. The molecule has 0 spiro atoms. The van der Waals surface area contributed by atoms with Crippen molar-refractivity contribution in [2.75, 3.05) is 74.3 Å². The Labute approximate surface area is 408 Å². The van der Waals surface area contributed by atoms with Crippen LogP contribution in [0.5, 0.6) is 11.5 Å². The highest BCUT2D eigenvalue weighted by molar-refractivity contribution is 8.18. The van der Waals surface area contributed by atoms with Crippen molar-refractivity contribution >= 4 is 87.3 Å². The minimum atomic E-state index is -0.682. The number of hydrogen-bond donors (Lipinski definition) is 9. The number of nitrogens with one attached hydrogen (secondary N) is 7. The number of carbonyl (C=O) groups is 4. The maximum Gasteiger partial charge on any atom is 0.344 e. The van der Waals surface area contributed by atoms with Crippen LogP contribution in [0.3, 0.4) is 0 Å². The summed E-state index contributed by atoms with van der Waals surface area (Å²) in [7, 11) is 1.72. The summed E-state index contributed by atoms with van der Waals surface area (Å²) in [5.41, 5.74) is 5.95. The van der Waals surface area contributed by atoms with E-state index in [1.54, 1.807) is 74.6 Å². The van der Waals surface area contributed by atoms with Gasteiger partial charge in [-0.05, 0) is 116 Å². The van der Waals surface area contributed by atoms with E-state index in [2.05, 4.69) is 52.2 Å². The van der Waals surface area contributed by atoms with Crippen molar-refractivity contribution in [3.63, 3.8) is 0 Å². The van der Waals surface area contributed by atoms with Gasteiger partial charge in [-0.15, -0.1) is 0 Å². The number of urea groups is 1. The van der Waals surface area contributed by atoms with Gasteiger partial charge in [0, 0.05) is 66.1 Å². The van der Waals surface area contributed by atoms with Crippen molar-refractivity contribution in [2.45, 2.75) is 13.3 Å². The Morgan fingerprint density at radius 1 is 0.800 bits per heavy atom. The van der Waals surface area contributed by atoms with Gasteiger partial charge in [-0.3, -0.25) is 19.6 Å². The van der Waals surface area contributed by atoms with Crippen LogP contribution in [0, 0.1) is 0 Å². The monoisotopic (exact) mass is 964 g/mol. The second kappa shape index (κ2) is 24.4. The lowest BCUT2D eigenvalue weighted by molar-refractivity contribution is -0.138. The molecule has 19 heteroatoms. The molecule has 3 aliphatic rings. The molecule has 0 radical (unpaired) electrons. The summed E-state index contributed by atoms with van der Waals surface area (Å²) >= 11 is 1.12. The number of anilines is 4.